The monoisotopic (exact) mass is 188 g/mol. The van der Waals surface area contributed by atoms with Crippen LogP contribution in [0.5, 0.6) is 0 Å². The minimum atomic E-state index is -4.44. The van der Waals surface area contributed by atoms with Crippen LogP contribution in [0.3, 0.4) is 0 Å². The first-order chi connectivity index (χ1) is 6.03. The molecule has 0 saturated heterocycles. The Bertz CT molecular complexity index is 307. The molecule has 0 unspecified atom stereocenters. The summed E-state index contributed by atoms with van der Waals surface area (Å²) in [4.78, 5) is 3.57. The van der Waals surface area contributed by atoms with E-state index in [1.807, 2.05) is 0 Å². The molecule has 0 spiro atoms. The number of nitrogens with one attached hydrogen (secondary N) is 1. The molecule has 0 aromatic carbocycles. The number of aromatic nitrogens is 1. The van der Waals surface area contributed by atoms with E-state index in [0.717, 1.165) is 6.20 Å². The van der Waals surface area contributed by atoms with E-state index in [2.05, 4.69) is 11.6 Å². The van der Waals surface area contributed by atoms with Crippen molar-refractivity contribution in [3.8, 4) is 0 Å². The first-order valence-electron chi connectivity index (χ1n) is 3.44. The van der Waals surface area contributed by atoms with Gasteiger partial charge in [0.15, 0.2) is 0 Å². The summed E-state index contributed by atoms with van der Waals surface area (Å²) in [7, 11) is 0. The van der Waals surface area contributed by atoms with Gasteiger partial charge in [-0.25, -0.2) is 0 Å². The third kappa shape index (κ3) is 2.77. The van der Waals surface area contributed by atoms with Gasteiger partial charge in [-0.15, -0.1) is 0 Å². The fourth-order valence-electron chi connectivity index (χ4n) is 0.840. The summed E-state index contributed by atoms with van der Waals surface area (Å²) in [6, 6.07) is 1.45. The van der Waals surface area contributed by atoms with Gasteiger partial charge in [0.2, 0.25) is 0 Å². The standard InChI is InChI=1S/C8H7F3N2/c1-2-6-3-4-12-5-7(6)13-8(9,10)11/h2-5,13H,1H2. The molecule has 70 valence electrons. The molecule has 5 heteroatoms. The van der Waals surface area contributed by atoms with Crippen LogP contribution in [0.1, 0.15) is 5.56 Å². The molecule has 0 amide bonds. The van der Waals surface area contributed by atoms with Gasteiger partial charge in [-0.05, 0) is 6.07 Å². The third-order valence-electron chi connectivity index (χ3n) is 1.35. The molecule has 0 bridgehead atoms. The van der Waals surface area contributed by atoms with E-state index in [0.29, 0.717) is 5.56 Å². The highest BCUT2D eigenvalue weighted by Crippen LogP contribution is 2.22. The Hall–Kier alpha value is -1.52. The van der Waals surface area contributed by atoms with E-state index in [1.54, 1.807) is 0 Å². The lowest BCUT2D eigenvalue weighted by Gasteiger charge is -2.11. The Labute approximate surface area is 73.1 Å². The summed E-state index contributed by atoms with van der Waals surface area (Å²) in [5, 5.41) is 1.37. The molecule has 0 aliphatic heterocycles. The van der Waals surface area contributed by atoms with Gasteiger partial charge < -0.3 is 0 Å². The Kier molecular flexibility index (Phi) is 2.55. The minimum Gasteiger partial charge on any atom is -0.295 e. The van der Waals surface area contributed by atoms with Crippen molar-refractivity contribution in [2.45, 2.75) is 6.30 Å². The molecule has 13 heavy (non-hydrogen) atoms. The number of halogens is 3. The molecule has 0 radical (unpaired) electrons. The van der Waals surface area contributed by atoms with Crippen molar-refractivity contribution >= 4 is 11.8 Å². The van der Waals surface area contributed by atoms with Crippen LogP contribution in [0.2, 0.25) is 0 Å². The fraction of sp³-hybridized carbons (Fsp3) is 0.125. The topological polar surface area (TPSA) is 24.9 Å². The fourth-order valence-corrected chi connectivity index (χ4v) is 0.840. The van der Waals surface area contributed by atoms with Gasteiger partial charge >= 0.3 is 6.30 Å². The molecule has 1 aromatic rings. The van der Waals surface area contributed by atoms with Crippen LogP contribution in [0.4, 0.5) is 18.9 Å². The SMILES string of the molecule is C=Cc1ccncc1NC(F)(F)F. The second kappa shape index (κ2) is 3.47. The molecular formula is C8H7F3N2. The van der Waals surface area contributed by atoms with Gasteiger partial charge in [0.05, 0.1) is 11.9 Å². The summed E-state index contributed by atoms with van der Waals surface area (Å²) in [6.07, 6.45) is -0.611. The number of pyridine rings is 1. The number of rotatable bonds is 2. The largest absolute Gasteiger partial charge is 0.482 e. The highest BCUT2D eigenvalue weighted by Gasteiger charge is 2.27. The summed E-state index contributed by atoms with van der Waals surface area (Å²) in [5.74, 6) is 0. The van der Waals surface area contributed by atoms with Gasteiger partial charge in [-0.2, -0.15) is 13.2 Å². The van der Waals surface area contributed by atoms with E-state index in [9.17, 15) is 13.2 Å². The molecule has 0 fully saturated rings. The van der Waals surface area contributed by atoms with E-state index in [1.165, 1.54) is 23.7 Å². The normalized spacial score (nSPS) is 11.0. The summed E-state index contributed by atoms with van der Waals surface area (Å²) in [6.45, 7) is 3.39. The maximum atomic E-state index is 11.9. The smallest absolute Gasteiger partial charge is 0.295 e. The molecule has 0 saturated carbocycles. The lowest BCUT2D eigenvalue weighted by molar-refractivity contribution is -0.0999. The van der Waals surface area contributed by atoms with Crippen molar-refractivity contribution in [3.05, 3.63) is 30.6 Å². The van der Waals surface area contributed by atoms with Crippen molar-refractivity contribution in [2.24, 2.45) is 0 Å². The van der Waals surface area contributed by atoms with Crippen LogP contribution in [0, 0.1) is 0 Å². The number of hydrogen-bond acceptors (Lipinski definition) is 2. The molecule has 1 N–H and O–H groups in total. The van der Waals surface area contributed by atoms with Crippen molar-refractivity contribution in [3.63, 3.8) is 0 Å². The molecule has 0 aliphatic carbocycles. The summed E-state index contributed by atoms with van der Waals surface area (Å²) in [5.41, 5.74) is 0.275. The third-order valence-corrected chi connectivity index (χ3v) is 1.35. The molecule has 0 aliphatic rings. The van der Waals surface area contributed by atoms with Crippen LogP contribution in [0.25, 0.3) is 6.08 Å². The minimum absolute atomic E-state index is 0.0926. The van der Waals surface area contributed by atoms with Crippen molar-refractivity contribution in [2.75, 3.05) is 5.32 Å². The predicted octanol–water partition coefficient (Wildman–Crippen LogP) is 2.66. The highest BCUT2D eigenvalue weighted by atomic mass is 19.4. The number of nitrogens with zero attached hydrogens (tertiary/aromatic N) is 1. The lowest BCUT2D eigenvalue weighted by atomic mass is 10.2. The number of hydrogen-bond donors (Lipinski definition) is 1. The van der Waals surface area contributed by atoms with Crippen LogP contribution in [-0.2, 0) is 0 Å². The Morgan fingerprint density at radius 3 is 2.69 bits per heavy atom. The van der Waals surface area contributed by atoms with Gasteiger partial charge in [-0.3, -0.25) is 10.3 Å². The van der Waals surface area contributed by atoms with Gasteiger partial charge in [0.1, 0.15) is 0 Å². The summed E-state index contributed by atoms with van der Waals surface area (Å²) < 4.78 is 35.7. The average molecular weight is 188 g/mol. The second-order valence-electron chi connectivity index (χ2n) is 2.29. The molecule has 1 rings (SSSR count). The van der Waals surface area contributed by atoms with Crippen molar-refractivity contribution < 1.29 is 13.2 Å². The second-order valence-corrected chi connectivity index (χ2v) is 2.29. The zero-order valence-electron chi connectivity index (χ0n) is 6.60. The van der Waals surface area contributed by atoms with Crippen LogP contribution in [0.15, 0.2) is 25.0 Å². The Balaban J connectivity index is 2.94. The Morgan fingerprint density at radius 2 is 2.15 bits per heavy atom. The zero-order chi connectivity index (χ0) is 9.90. The van der Waals surface area contributed by atoms with Crippen molar-refractivity contribution in [1.82, 2.24) is 4.98 Å². The molecule has 1 heterocycles. The molecule has 0 atom stereocenters. The molecule has 1 aromatic heterocycles. The average Bonchev–Trinajstić information content (AvgIpc) is 2.02. The van der Waals surface area contributed by atoms with Gasteiger partial charge in [0, 0.05) is 11.8 Å². The first kappa shape index (κ1) is 9.57. The maximum absolute atomic E-state index is 11.9. The van der Waals surface area contributed by atoms with E-state index in [-0.39, 0.29) is 5.69 Å². The molecule has 2 nitrogen and oxygen atoms in total. The first-order valence-corrected chi connectivity index (χ1v) is 3.44. The highest BCUT2D eigenvalue weighted by molar-refractivity contribution is 5.64. The van der Waals surface area contributed by atoms with Crippen LogP contribution >= 0.6 is 0 Å². The van der Waals surface area contributed by atoms with Gasteiger partial charge in [0.25, 0.3) is 0 Å². The van der Waals surface area contributed by atoms with E-state index in [4.69, 9.17) is 0 Å². The molecular weight excluding hydrogens is 181 g/mol. The zero-order valence-corrected chi connectivity index (χ0v) is 6.60. The van der Waals surface area contributed by atoms with E-state index >= 15 is 0 Å². The number of alkyl halides is 3. The van der Waals surface area contributed by atoms with E-state index < -0.39 is 6.30 Å². The predicted molar refractivity (Wildman–Crippen MR) is 44.0 cm³/mol. The number of anilines is 1. The van der Waals surface area contributed by atoms with Gasteiger partial charge in [-0.1, -0.05) is 12.7 Å². The maximum Gasteiger partial charge on any atom is 0.482 e. The van der Waals surface area contributed by atoms with Crippen LogP contribution < -0.4 is 5.32 Å². The quantitative estimate of drug-likeness (QED) is 0.721. The van der Waals surface area contributed by atoms with Crippen molar-refractivity contribution in [1.29, 1.82) is 0 Å². The summed E-state index contributed by atoms with van der Waals surface area (Å²) >= 11 is 0. The lowest BCUT2D eigenvalue weighted by Crippen LogP contribution is -2.21. The van der Waals surface area contributed by atoms with Crippen LogP contribution in [-0.4, -0.2) is 11.3 Å². The Morgan fingerprint density at radius 1 is 1.46 bits per heavy atom.